The zero-order valence-electron chi connectivity index (χ0n) is 16.5. The van der Waals surface area contributed by atoms with Crippen molar-refractivity contribution in [3.63, 3.8) is 0 Å². The number of fused-ring (bicyclic) bond motifs is 1. The average Bonchev–Trinajstić information content (AvgIpc) is 3.12. The van der Waals surface area contributed by atoms with Crippen LogP contribution in [0.25, 0.3) is 31.7 Å². The predicted octanol–water partition coefficient (Wildman–Crippen LogP) is 8.28. The van der Waals surface area contributed by atoms with E-state index in [1.165, 1.54) is 21.2 Å². The quantitative estimate of drug-likeness (QED) is 0.312. The van der Waals surface area contributed by atoms with Gasteiger partial charge in [0.1, 0.15) is 5.82 Å². The molecule has 0 fully saturated rings. The molecule has 0 saturated carbocycles. The first-order valence-corrected chi connectivity index (χ1v) is 10.9. The molecule has 142 valence electrons. The predicted molar refractivity (Wildman–Crippen MR) is 121 cm³/mol. The fraction of sp³-hybridized carbons (Fsp3) is 0.231. The highest BCUT2D eigenvalue weighted by molar-refractivity contribution is 7.22. The van der Waals surface area contributed by atoms with E-state index in [0.717, 1.165) is 41.7 Å². The molecule has 0 atom stereocenters. The minimum absolute atomic E-state index is 0.157. The molecule has 0 spiro atoms. The first kappa shape index (κ1) is 18.9. The molecule has 2 heteroatoms. The number of aryl methyl sites for hydroxylation is 2. The summed E-state index contributed by atoms with van der Waals surface area (Å²) in [5.74, 6) is -0.157. The van der Waals surface area contributed by atoms with Crippen molar-refractivity contribution in [1.29, 1.82) is 0 Å². The molecular formula is C26H25FS. The summed E-state index contributed by atoms with van der Waals surface area (Å²) in [5.41, 5.74) is 5.35. The summed E-state index contributed by atoms with van der Waals surface area (Å²) >= 11 is 1.67. The van der Waals surface area contributed by atoms with Crippen LogP contribution in [0.5, 0.6) is 0 Å². The highest BCUT2D eigenvalue weighted by Gasteiger charge is 2.11. The summed E-state index contributed by atoms with van der Waals surface area (Å²) in [6.07, 6.45) is 4.44. The highest BCUT2D eigenvalue weighted by Crippen LogP contribution is 2.36. The Labute approximate surface area is 170 Å². The molecule has 0 nitrogen and oxygen atoms in total. The molecule has 0 aliphatic carbocycles. The maximum absolute atomic E-state index is 15.0. The zero-order valence-corrected chi connectivity index (χ0v) is 17.3. The van der Waals surface area contributed by atoms with Crippen LogP contribution in [0.15, 0.2) is 66.7 Å². The summed E-state index contributed by atoms with van der Waals surface area (Å²) in [6, 6.07) is 22.8. The molecule has 0 aliphatic heterocycles. The van der Waals surface area contributed by atoms with Gasteiger partial charge in [-0.15, -0.1) is 11.3 Å². The molecule has 0 aliphatic rings. The van der Waals surface area contributed by atoms with E-state index in [2.05, 4.69) is 62.4 Å². The first-order chi connectivity index (χ1) is 13.7. The lowest BCUT2D eigenvalue weighted by Gasteiger charge is -2.06. The number of halogens is 1. The van der Waals surface area contributed by atoms with Gasteiger partial charge in [-0.1, -0.05) is 69.2 Å². The van der Waals surface area contributed by atoms with Crippen LogP contribution >= 0.6 is 11.3 Å². The third-order valence-corrected chi connectivity index (χ3v) is 6.31. The Kier molecular flexibility index (Phi) is 5.59. The van der Waals surface area contributed by atoms with Crippen LogP contribution in [-0.2, 0) is 12.8 Å². The van der Waals surface area contributed by atoms with Gasteiger partial charge in [0.2, 0.25) is 0 Å². The lowest BCUT2D eigenvalue weighted by molar-refractivity contribution is 0.632. The maximum Gasteiger partial charge on any atom is 0.132 e. The highest BCUT2D eigenvalue weighted by atomic mass is 32.1. The number of hydrogen-bond donors (Lipinski definition) is 0. The molecule has 1 heterocycles. The molecule has 28 heavy (non-hydrogen) atoms. The van der Waals surface area contributed by atoms with Crippen molar-refractivity contribution in [3.05, 3.63) is 83.7 Å². The van der Waals surface area contributed by atoms with E-state index in [-0.39, 0.29) is 5.82 Å². The number of hydrogen-bond acceptors (Lipinski definition) is 1. The Hall–Kier alpha value is -2.45. The summed E-state index contributed by atoms with van der Waals surface area (Å²) < 4.78 is 16.2. The van der Waals surface area contributed by atoms with Crippen molar-refractivity contribution in [3.8, 4) is 21.6 Å². The van der Waals surface area contributed by atoms with Crippen molar-refractivity contribution >= 4 is 21.4 Å². The lowest BCUT2D eigenvalue weighted by Crippen LogP contribution is -1.86. The Bertz CT molecular complexity index is 1090. The molecule has 1 aromatic heterocycles. The topological polar surface area (TPSA) is 0 Å². The average molecular weight is 389 g/mol. The second-order valence-electron chi connectivity index (χ2n) is 7.37. The molecule has 0 radical (unpaired) electrons. The summed E-state index contributed by atoms with van der Waals surface area (Å²) in [7, 11) is 0. The van der Waals surface area contributed by atoms with Gasteiger partial charge in [-0.3, -0.25) is 0 Å². The van der Waals surface area contributed by atoms with Crippen LogP contribution in [0.4, 0.5) is 4.39 Å². The van der Waals surface area contributed by atoms with Crippen LogP contribution in [-0.4, -0.2) is 0 Å². The van der Waals surface area contributed by atoms with Gasteiger partial charge >= 0.3 is 0 Å². The molecule has 0 saturated heterocycles. The Morgan fingerprint density at radius 1 is 0.714 bits per heavy atom. The summed E-state index contributed by atoms with van der Waals surface area (Å²) in [5, 5.41) is 1.19. The number of thiophene rings is 1. The van der Waals surface area contributed by atoms with Crippen LogP contribution in [0.3, 0.4) is 0 Å². The third-order valence-electron chi connectivity index (χ3n) is 5.18. The van der Waals surface area contributed by atoms with Gasteiger partial charge in [0.15, 0.2) is 0 Å². The standard InChI is InChI=1S/C26H25FS/c1-3-5-18-7-10-20(11-8-18)21-13-14-23(24(27)16-21)26-17-22-12-9-19(6-4-2)15-25(22)28-26/h7-17H,3-6H2,1-2H3. The van der Waals surface area contributed by atoms with Crippen molar-refractivity contribution in [2.75, 3.05) is 0 Å². The first-order valence-electron chi connectivity index (χ1n) is 10.1. The molecule has 4 rings (SSSR count). The lowest BCUT2D eigenvalue weighted by atomic mass is 10.0. The molecule has 0 amide bonds. The second-order valence-corrected chi connectivity index (χ2v) is 8.46. The van der Waals surface area contributed by atoms with Crippen LogP contribution < -0.4 is 0 Å². The number of benzene rings is 3. The molecule has 4 aromatic rings. The second kappa shape index (κ2) is 8.28. The van der Waals surface area contributed by atoms with E-state index in [9.17, 15) is 4.39 Å². The van der Waals surface area contributed by atoms with E-state index in [1.807, 2.05) is 12.1 Å². The maximum atomic E-state index is 15.0. The van der Waals surface area contributed by atoms with Crippen LogP contribution in [0.1, 0.15) is 37.8 Å². The largest absolute Gasteiger partial charge is 0.206 e. The van der Waals surface area contributed by atoms with Crippen molar-refractivity contribution in [2.45, 2.75) is 39.5 Å². The van der Waals surface area contributed by atoms with Crippen molar-refractivity contribution in [2.24, 2.45) is 0 Å². The molecule has 0 bridgehead atoms. The third kappa shape index (κ3) is 3.88. The van der Waals surface area contributed by atoms with Gasteiger partial charge in [-0.05, 0) is 64.7 Å². The van der Waals surface area contributed by atoms with Gasteiger partial charge in [0.25, 0.3) is 0 Å². The van der Waals surface area contributed by atoms with E-state index in [0.29, 0.717) is 5.56 Å². The minimum Gasteiger partial charge on any atom is -0.206 e. The SMILES string of the molecule is CCCc1ccc(-c2ccc(-c3cc4ccc(CCC)cc4s3)c(F)c2)cc1. The normalized spacial score (nSPS) is 11.2. The molecule has 0 N–H and O–H groups in total. The Morgan fingerprint density at radius 2 is 1.39 bits per heavy atom. The van der Waals surface area contributed by atoms with E-state index >= 15 is 0 Å². The monoisotopic (exact) mass is 388 g/mol. The zero-order chi connectivity index (χ0) is 19.5. The fourth-order valence-corrected chi connectivity index (χ4v) is 4.85. The van der Waals surface area contributed by atoms with Crippen molar-refractivity contribution < 1.29 is 4.39 Å². The Morgan fingerprint density at radius 3 is 2.11 bits per heavy atom. The van der Waals surface area contributed by atoms with Gasteiger partial charge in [-0.25, -0.2) is 4.39 Å². The van der Waals surface area contributed by atoms with Crippen LogP contribution in [0, 0.1) is 5.82 Å². The van der Waals surface area contributed by atoms with Crippen molar-refractivity contribution in [1.82, 2.24) is 0 Å². The smallest absolute Gasteiger partial charge is 0.132 e. The fourth-order valence-electron chi connectivity index (χ4n) is 3.70. The summed E-state index contributed by atoms with van der Waals surface area (Å²) in [4.78, 5) is 0.992. The van der Waals surface area contributed by atoms with Gasteiger partial charge in [-0.2, -0.15) is 0 Å². The number of rotatable bonds is 6. The molecule has 3 aromatic carbocycles. The molecular weight excluding hydrogens is 363 g/mol. The van der Waals surface area contributed by atoms with E-state index < -0.39 is 0 Å². The minimum atomic E-state index is -0.157. The van der Waals surface area contributed by atoms with Crippen LogP contribution in [0.2, 0.25) is 0 Å². The summed E-state index contributed by atoms with van der Waals surface area (Å²) in [6.45, 7) is 4.37. The van der Waals surface area contributed by atoms with Gasteiger partial charge in [0, 0.05) is 15.1 Å². The molecule has 0 unspecified atom stereocenters. The Balaban J connectivity index is 1.65. The van der Waals surface area contributed by atoms with E-state index in [4.69, 9.17) is 0 Å². The van der Waals surface area contributed by atoms with Gasteiger partial charge < -0.3 is 0 Å². The van der Waals surface area contributed by atoms with E-state index in [1.54, 1.807) is 17.4 Å². The van der Waals surface area contributed by atoms with Gasteiger partial charge in [0.05, 0.1) is 0 Å².